The molecule has 314 valence electrons. The predicted molar refractivity (Wildman–Crippen MR) is 236 cm³/mol. The lowest BCUT2D eigenvalue weighted by Crippen LogP contribution is -2.54. The number of amides is 5. The van der Waals surface area contributed by atoms with Crippen LogP contribution in [0.15, 0.2) is 89.9 Å². The Morgan fingerprint density at radius 2 is 1.57 bits per heavy atom. The molecule has 0 saturated carbocycles. The van der Waals surface area contributed by atoms with Crippen LogP contribution in [0.4, 0.5) is 4.79 Å². The number of piperazine rings is 1. The van der Waals surface area contributed by atoms with Gasteiger partial charge in [-0.15, -0.1) is 0 Å². The number of nitrogens with zero attached hydrogens (tertiary/aromatic N) is 5. The first-order chi connectivity index (χ1) is 29.3. The van der Waals surface area contributed by atoms with Crippen molar-refractivity contribution in [3.05, 3.63) is 134 Å². The maximum Gasteiger partial charge on any atom is 0.326 e. The Hall–Kier alpha value is -5.67. The molecule has 4 aromatic carbocycles. The van der Waals surface area contributed by atoms with Crippen molar-refractivity contribution in [2.24, 2.45) is 4.99 Å². The van der Waals surface area contributed by atoms with Crippen molar-refractivity contribution >= 4 is 52.8 Å². The van der Waals surface area contributed by atoms with Crippen molar-refractivity contribution in [2.75, 3.05) is 39.3 Å². The third-order valence-corrected chi connectivity index (χ3v) is 12.3. The fourth-order valence-corrected chi connectivity index (χ4v) is 8.75. The van der Waals surface area contributed by atoms with Crippen molar-refractivity contribution in [1.82, 2.24) is 24.9 Å². The molecule has 4 heterocycles. The number of hydrogen-bond acceptors (Lipinski definition) is 7. The van der Waals surface area contributed by atoms with E-state index in [0.717, 1.165) is 33.4 Å². The molecule has 0 aliphatic carbocycles. The number of amidine groups is 1. The summed E-state index contributed by atoms with van der Waals surface area (Å²) in [7, 11) is 0. The molecule has 13 heteroatoms. The number of fused-ring (bicyclic) bond motifs is 1. The number of piperidine rings is 1. The van der Waals surface area contributed by atoms with E-state index in [1.807, 2.05) is 77.4 Å². The standard InChI is InChI=1S/C48H48Cl2N6O5/c1-5-61-40-28-33(48(2,3)4)15-20-37(40)44-52-42(31-11-16-34(49)17-12-31)43(32-13-18-35(50)19-14-32)56(44)47(60)54-26-24-53(25-27-54)23-7-9-30-8-6-10-36-38(30)29-55(46(36)59)39-21-22-41(57)51-45(39)58/h6,8,10-20,28,39,42-43H,5,21-27,29H2,1-4H3,(H,51,57,58)/t39-,42-,43+/m1/s1. The molecule has 0 radical (unpaired) electrons. The maximum absolute atomic E-state index is 15.1. The summed E-state index contributed by atoms with van der Waals surface area (Å²) < 4.78 is 6.29. The molecule has 8 rings (SSSR count). The van der Waals surface area contributed by atoms with E-state index in [1.165, 1.54) is 4.90 Å². The predicted octanol–water partition coefficient (Wildman–Crippen LogP) is 7.78. The summed E-state index contributed by atoms with van der Waals surface area (Å²) in [6.45, 7) is 11.8. The Morgan fingerprint density at radius 3 is 2.23 bits per heavy atom. The van der Waals surface area contributed by atoms with Crippen LogP contribution in [0.25, 0.3) is 0 Å². The summed E-state index contributed by atoms with van der Waals surface area (Å²) in [4.78, 5) is 65.6. The number of ether oxygens (including phenoxy) is 1. The Morgan fingerprint density at radius 1 is 0.885 bits per heavy atom. The van der Waals surface area contributed by atoms with Crippen LogP contribution in [-0.4, -0.2) is 94.6 Å². The van der Waals surface area contributed by atoms with Crippen LogP contribution in [0.2, 0.25) is 10.0 Å². The molecule has 4 aliphatic heterocycles. The first-order valence-corrected chi connectivity index (χ1v) is 21.5. The molecule has 3 atom stereocenters. The van der Waals surface area contributed by atoms with Gasteiger partial charge in [0.2, 0.25) is 11.8 Å². The van der Waals surface area contributed by atoms with E-state index in [2.05, 4.69) is 55.0 Å². The van der Waals surface area contributed by atoms with Gasteiger partial charge in [0.1, 0.15) is 23.7 Å². The Kier molecular flexibility index (Phi) is 12.0. The number of hydrogen-bond donors (Lipinski definition) is 1. The minimum Gasteiger partial charge on any atom is -0.493 e. The molecule has 0 spiro atoms. The molecule has 5 amide bonds. The lowest BCUT2D eigenvalue weighted by Gasteiger charge is -2.38. The zero-order valence-electron chi connectivity index (χ0n) is 34.7. The highest BCUT2D eigenvalue weighted by atomic mass is 35.5. The van der Waals surface area contributed by atoms with Crippen molar-refractivity contribution in [1.29, 1.82) is 0 Å². The number of urea groups is 1. The first-order valence-electron chi connectivity index (χ1n) is 20.7. The van der Waals surface area contributed by atoms with Crippen molar-refractivity contribution < 1.29 is 23.9 Å². The summed E-state index contributed by atoms with van der Waals surface area (Å²) in [5.74, 6) is 6.79. The fraction of sp³-hybridized carbons (Fsp3) is 0.354. The van der Waals surface area contributed by atoms with Gasteiger partial charge in [-0.05, 0) is 89.5 Å². The average molecular weight is 860 g/mol. The molecule has 2 saturated heterocycles. The van der Waals surface area contributed by atoms with Crippen LogP contribution in [0, 0.1) is 11.8 Å². The fourth-order valence-electron chi connectivity index (χ4n) is 8.50. The monoisotopic (exact) mass is 858 g/mol. The highest BCUT2D eigenvalue weighted by Crippen LogP contribution is 2.46. The zero-order valence-corrected chi connectivity index (χ0v) is 36.2. The third kappa shape index (κ3) is 8.63. The minimum atomic E-state index is -0.689. The van der Waals surface area contributed by atoms with Gasteiger partial charge in [0.05, 0.1) is 24.8 Å². The van der Waals surface area contributed by atoms with Crippen LogP contribution in [0.3, 0.4) is 0 Å². The third-order valence-electron chi connectivity index (χ3n) is 11.8. The number of halogens is 2. The zero-order chi connectivity index (χ0) is 43.0. The van der Waals surface area contributed by atoms with Gasteiger partial charge in [-0.2, -0.15) is 0 Å². The van der Waals surface area contributed by atoms with Crippen LogP contribution >= 0.6 is 23.2 Å². The molecule has 61 heavy (non-hydrogen) atoms. The lowest BCUT2D eigenvalue weighted by atomic mass is 9.86. The summed E-state index contributed by atoms with van der Waals surface area (Å²) in [6.07, 6.45) is 0.497. The molecular weight excluding hydrogens is 811 g/mol. The maximum atomic E-state index is 15.1. The second-order valence-corrected chi connectivity index (χ2v) is 17.7. The van der Waals surface area contributed by atoms with Gasteiger partial charge in [0.15, 0.2) is 0 Å². The van der Waals surface area contributed by atoms with Gasteiger partial charge in [-0.3, -0.25) is 34.5 Å². The summed E-state index contributed by atoms with van der Waals surface area (Å²) >= 11 is 12.8. The van der Waals surface area contributed by atoms with Gasteiger partial charge in [0, 0.05) is 60.3 Å². The summed E-state index contributed by atoms with van der Waals surface area (Å²) in [6, 6.07) is 25.1. The molecule has 1 N–H and O–H groups in total. The van der Waals surface area contributed by atoms with E-state index in [-0.39, 0.29) is 36.2 Å². The first kappa shape index (κ1) is 42.0. The molecule has 0 unspecified atom stereocenters. The van der Waals surface area contributed by atoms with Crippen LogP contribution < -0.4 is 10.1 Å². The number of imide groups is 1. The molecule has 11 nitrogen and oxygen atoms in total. The molecule has 2 fully saturated rings. The van der Waals surface area contributed by atoms with E-state index in [1.54, 1.807) is 12.1 Å². The second kappa shape index (κ2) is 17.4. The number of carbonyl (C=O) groups excluding carboxylic acids is 4. The second-order valence-electron chi connectivity index (χ2n) is 16.8. The molecule has 4 aromatic rings. The van der Waals surface area contributed by atoms with E-state index in [9.17, 15) is 14.4 Å². The van der Waals surface area contributed by atoms with E-state index >= 15 is 4.79 Å². The molecule has 0 aromatic heterocycles. The van der Waals surface area contributed by atoms with Crippen molar-refractivity contribution in [3.8, 4) is 17.6 Å². The van der Waals surface area contributed by atoms with Gasteiger partial charge in [0.25, 0.3) is 5.91 Å². The Balaban J connectivity index is 1.04. The smallest absolute Gasteiger partial charge is 0.326 e. The van der Waals surface area contributed by atoms with Gasteiger partial charge >= 0.3 is 6.03 Å². The Labute approximate surface area is 366 Å². The SMILES string of the molecule is CCOc1cc(C(C)(C)C)ccc1C1=N[C@H](c2ccc(Cl)cc2)[C@H](c2ccc(Cl)cc2)N1C(=O)N1CCN(CC#Cc2cccc3c2CN([C@@H]2CCC(=O)NC2=O)C3=O)CC1. The van der Waals surface area contributed by atoms with Crippen LogP contribution in [-0.2, 0) is 21.5 Å². The minimum absolute atomic E-state index is 0.127. The largest absolute Gasteiger partial charge is 0.493 e. The number of nitrogens with one attached hydrogen (secondary N) is 1. The number of benzene rings is 4. The van der Waals surface area contributed by atoms with Crippen LogP contribution in [0.1, 0.15) is 96.4 Å². The van der Waals surface area contributed by atoms with Gasteiger partial charge in [-0.1, -0.05) is 92.2 Å². The van der Waals surface area contributed by atoms with E-state index in [4.69, 9.17) is 32.9 Å². The van der Waals surface area contributed by atoms with Gasteiger partial charge in [-0.25, -0.2) is 4.79 Å². The van der Waals surface area contributed by atoms with Crippen LogP contribution in [0.5, 0.6) is 5.75 Å². The normalized spacial score (nSPS) is 20.6. The topological polar surface area (TPSA) is 115 Å². The number of aliphatic imine (C=N–C) groups is 1. The quantitative estimate of drug-likeness (QED) is 0.150. The molecule has 4 aliphatic rings. The molecule has 0 bridgehead atoms. The number of carbonyl (C=O) groups is 4. The van der Waals surface area contributed by atoms with Gasteiger partial charge < -0.3 is 14.5 Å². The summed E-state index contributed by atoms with van der Waals surface area (Å²) in [5.41, 5.74) is 5.59. The number of rotatable bonds is 7. The lowest BCUT2D eigenvalue weighted by molar-refractivity contribution is -0.136. The Bertz CT molecular complexity index is 2460. The highest BCUT2D eigenvalue weighted by molar-refractivity contribution is 6.30. The van der Waals surface area contributed by atoms with E-state index in [0.29, 0.717) is 72.9 Å². The molecular formula is C48H48Cl2N6O5. The summed E-state index contributed by atoms with van der Waals surface area (Å²) in [5, 5.41) is 3.56. The van der Waals surface area contributed by atoms with Crippen molar-refractivity contribution in [3.63, 3.8) is 0 Å². The highest BCUT2D eigenvalue weighted by Gasteiger charge is 2.45. The van der Waals surface area contributed by atoms with Crippen molar-refractivity contribution in [2.45, 2.75) is 70.6 Å². The average Bonchev–Trinajstić information content (AvgIpc) is 3.80. The van der Waals surface area contributed by atoms with E-state index < -0.39 is 24.0 Å².